The van der Waals surface area contributed by atoms with E-state index in [1.807, 2.05) is 61.5 Å². The third-order valence-corrected chi connectivity index (χ3v) is 7.63. The van der Waals surface area contributed by atoms with Crippen molar-refractivity contribution in [2.24, 2.45) is 7.05 Å². The minimum atomic E-state index is -0.444. The van der Waals surface area contributed by atoms with Gasteiger partial charge in [-0.3, -0.25) is 19.1 Å². The predicted octanol–water partition coefficient (Wildman–Crippen LogP) is 3.10. The van der Waals surface area contributed by atoms with E-state index in [0.717, 1.165) is 23.2 Å². The van der Waals surface area contributed by atoms with Gasteiger partial charge in [-0.05, 0) is 60.7 Å². The minimum absolute atomic E-state index is 0.0806. The number of hydrogen-bond donors (Lipinski definition) is 1. The number of nitrogens with one attached hydrogen (secondary N) is 1. The second-order valence-corrected chi connectivity index (χ2v) is 10.7. The SMILES string of the molecule is CCc1cc(C(=O)N2CC[C@H]3OCc4cccc(c4)Oc4cccc(c4)CCC(=O)N(C)CC(=O)N[C@H]3C2)n(C)n1. The van der Waals surface area contributed by atoms with Crippen LogP contribution in [0.3, 0.4) is 0 Å². The molecule has 1 saturated heterocycles. The van der Waals surface area contributed by atoms with Crippen LogP contribution in [-0.4, -0.2) is 76.1 Å². The molecule has 2 aliphatic heterocycles. The number of ether oxygens (including phenoxy) is 2. The van der Waals surface area contributed by atoms with E-state index in [9.17, 15) is 14.4 Å². The number of aromatic nitrogens is 2. The molecule has 216 valence electrons. The first-order valence-corrected chi connectivity index (χ1v) is 14.1. The monoisotopic (exact) mass is 559 g/mol. The highest BCUT2D eigenvalue weighted by molar-refractivity contribution is 5.93. The Bertz CT molecular complexity index is 1420. The highest BCUT2D eigenvalue weighted by Crippen LogP contribution is 2.25. The molecular formula is C31H37N5O5. The first-order valence-electron chi connectivity index (χ1n) is 14.1. The van der Waals surface area contributed by atoms with Gasteiger partial charge in [0.1, 0.15) is 17.2 Å². The molecule has 3 heterocycles. The number of likely N-dealkylation sites (N-methyl/N-ethyl adjacent to an activating group) is 1. The molecule has 5 rings (SSSR count). The number of fused-ring (bicyclic) bond motifs is 5. The summed E-state index contributed by atoms with van der Waals surface area (Å²) in [6, 6.07) is 16.8. The number of likely N-dealkylation sites (tertiary alicyclic amines) is 1. The van der Waals surface area contributed by atoms with Crippen LogP contribution in [0.15, 0.2) is 54.6 Å². The number of amides is 3. The molecule has 10 heteroatoms. The van der Waals surface area contributed by atoms with Crippen molar-refractivity contribution in [2.75, 3.05) is 26.7 Å². The van der Waals surface area contributed by atoms with Crippen molar-refractivity contribution < 1.29 is 23.9 Å². The summed E-state index contributed by atoms with van der Waals surface area (Å²) in [5.41, 5.74) is 3.28. The predicted molar refractivity (Wildman–Crippen MR) is 153 cm³/mol. The number of rotatable bonds is 2. The number of carbonyl (C=O) groups is 3. The molecule has 0 saturated carbocycles. The lowest BCUT2D eigenvalue weighted by molar-refractivity contribution is -0.135. The van der Waals surface area contributed by atoms with Gasteiger partial charge in [-0.15, -0.1) is 0 Å². The molecule has 41 heavy (non-hydrogen) atoms. The summed E-state index contributed by atoms with van der Waals surface area (Å²) in [5, 5.41) is 7.47. The lowest BCUT2D eigenvalue weighted by Crippen LogP contribution is -2.58. The zero-order valence-corrected chi connectivity index (χ0v) is 23.8. The maximum atomic E-state index is 13.4. The van der Waals surface area contributed by atoms with Crippen LogP contribution in [0, 0.1) is 0 Å². The van der Waals surface area contributed by atoms with Crippen LogP contribution in [0.4, 0.5) is 0 Å². The number of carbonyl (C=O) groups excluding carboxylic acids is 3. The van der Waals surface area contributed by atoms with Gasteiger partial charge in [-0.25, -0.2) is 0 Å². The van der Waals surface area contributed by atoms with Crippen LogP contribution in [-0.2, 0) is 40.8 Å². The van der Waals surface area contributed by atoms with Gasteiger partial charge in [0.2, 0.25) is 11.8 Å². The first-order chi connectivity index (χ1) is 19.8. The summed E-state index contributed by atoms with van der Waals surface area (Å²) in [5.74, 6) is 0.830. The average molecular weight is 560 g/mol. The van der Waals surface area contributed by atoms with E-state index >= 15 is 0 Å². The fourth-order valence-corrected chi connectivity index (χ4v) is 5.32. The van der Waals surface area contributed by atoms with E-state index in [-0.39, 0.29) is 43.3 Å². The lowest BCUT2D eigenvalue weighted by atomic mass is 10.0. The summed E-state index contributed by atoms with van der Waals surface area (Å²) < 4.78 is 14.1. The van der Waals surface area contributed by atoms with Crippen LogP contribution < -0.4 is 10.1 Å². The fourth-order valence-electron chi connectivity index (χ4n) is 5.32. The molecule has 1 aromatic heterocycles. The average Bonchev–Trinajstić information content (AvgIpc) is 3.35. The van der Waals surface area contributed by atoms with Gasteiger partial charge in [0.05, 0.1) is 31.0 Å². The molecule has 0 radical (unpaired) electrons. The summed E-state index contributed by atoms with van der Waals surface area (Å²) in [4.78, 5) is 42.6. The van der Waals surface area contributed by atoms with Crippen LogP contribution in [0.5, 0.6) is 11.5 Å². The molecule has 3 amide bonds. The van der Waals surface area contributed by atoms with Crippen LogP contribution in [0.1, 0.15) is 47.1 Å². The van der Waals surface area contributed by atoms with Gasteiger partial charge in [-0.1, -0.05) is 31.2 Å². The molecule has 1 fully saturated rings. The Hall–Kier alpha value is -4.18. The Morgan fingerprint density at radius 3 is 2.49 bits per heavy atom. The van der Waals surface area contributed by atoms with E-state index in [1.54, 1.807) is 23.7 Å². The van der Waals surface area contributed by atoms with Crippen molar-refractivity contribution in [1.29, 1.82) is 0 Å². The molecular weight excluding hydrogens is 522 g/mol. The van der Waals surface area contributed by atoms with Crippen molar-refractivity contribution >= 4 is 17.7 Å². The van der Waals surface area contributed by atoms with Crippen molar-refractivity contribution in [2.45, 2.75) is 51.4 Å². The number of nitrogens with zero attached hydrogens (tertiary/aromatic N) is 4. The second-order valence-electron chi connectivity index (χ2n) is 10.7. The Labute approximate surface area is 240 Å². The summed E-state index contributed by atoms with van der Waals surface area (Å²) in [6.45, 7) is 3.01. The normalized spacial score (nSPS) is 20.4. The standard InChI is InChI=1S/C31H37N5O5/c1-4-23-17-27(35(3)33-23)31(39)36-14-13-28-26(18-36)32-29(37)19-34(2)30(38)12-11-21-7-5-9-24(15-21)41-25-10-6-8-22(16-25)20-40-28/h5-10,15-17,26,28H,4,11-14,18-20H2,1-3H3,(H,32,37)/t26-,28+/m0/s1. The number of piperidine rings is 1. The molecule has 0 spiro atoms. The third kappa shape index (κ3) is 6.94. The topological polar surface area (TPSA) is 106 Å². The van der Waals surface area contributed by atoms with Crippen molar-refractivity contribution in [3.63, 3.8) is 0 Å². The number of hydrogen-bond acceptors (Lipinski definition) is 6. The largest absolute Gasteiger partial charge is 0.457 e. The Morgan fingerprint density at radius 1 is 1.02 bits per heavy atom. The van der Waals surface area contributed by atoms with Crippen molar-refractivity contribution in [1.82, 2.24) is 24.9 Å². The van der Waals surface area contributed by atoms with Crippen molar-refractivity contribution in [3.8, 4) is 11.5 Å². The molecule has 2 atom stereocenters. The van der Waals surface area contributed by atoms with Crippen molar-refractivity contribution in [3.05, 3.63) is 77.1 Å². The second kappa shape index (κ2) is 12.6. The van der Waals surface area contributed by atoms with Crippen LogP contribution in [0.25, 0.3) is 0 Å². The number of benzene rings is 2. The van der Waals surface area contributed by atoms with Gasteiger partial charge >= 0.3 is 0 Å². The quantitative estimate of drug-likeness (QED) is 0.517. The highest BCUT2D eigenvalue weighted by Gasteiger charge is 2.35. The lowest BCUT2D eigenvalue weighted by Gasteiger charge is -2.39. The summed E-state index contributed by atoms with van der Waals surface area (Å²) in [7, 11) is 3.40. The smallest absolute Gasteiger partial charge is 0.272 e. The third-order valence-electron chi connectivity index (χ3n) is 7.63. The van der Waals surface area contributed by atoms with E-state index in [0.29, 0.717) is 43.2 Å². The van der Waals surface area contributed by atoms with E-state index in [2.05, 4.69) is 10.4 Å². The van der Waals surface area contributed by atoms with Crippen LogP contribution in [0.2, 0.25) is 0 Å². The van der Waals surface area contributed by atoms with Gasteiger partial charge in [0, 0.05) is 33.6 Å². The first kappa shape index (κ1) is 28.4. The molecule has 10 nitrogen and oxygen atoms in total. The highest BCUT2D eigenvalue weighted by atomic mass is 16.5. The number of aryl methyl sites for hydroxylation is 3. The Morgan fingerprint density at radius 2 is 1.76 bits per heavy atom. The fraction of sp³-hybridized carbons (Fsp3) is 0.419. The minimum Gasteiger partial charge on any atom is -0.457 e. The summed E-state index contributed by atoms with van der Waals surface area (Å²) in [6.07, 6.45) is 1.77. The summed E-state index contributed by atoms with van der Waals surface area (Å²) >= 11 is 0. The van der Waals surface area contributed by atoms with Gasteiger partial charge < -0.3 is 24.6 Å². The maximum absolute atomic E-state index is 13.4. The molecule has 1 N–H and O–H groups in total. The zero-order valence-electron chi connectivity index (χ0n) is 23.8. The Kier molecular flexibility index (Phi) is 8.68. The maximum Gasteiger partial charge on any atom is 0.272 e. The van der Waals surface area contributed by atoms with E-state index < -0.39 is 6.04 Å². The Balaban J connectivity index is 1.37. The molecule has 0 aliphatic carbocycles. The zero-order chi connectivity index (χ0) is 28.9. The van der Waals surface area contributed by atoms with Gasteiger partial charge in [0.25, 0.3) is 5.91 Å². The molecule has 2 aromatic carbocycles. The molecule has 2 aliphatic rings. The van der Waals surface area contributed by atoms with Gasteiger partial charge in [0.15, 0.2) is 0 Å². The molecule has 4 bridgehead atoms. The van der Waals surface area contributed by atoms with Crippen LogP contribution >= 0.6 is 0 Å². The van der Waals surface area contributed by atoms with E-state index in [4.69, 9.17) is 9.47 Å². The van der Waals surface area contributed by atoms with E-state index in [1.165, 1.54) is 4.90 Å². The molecule has 0 unspecified atom stereocenters. The van der Waals surface area contributed by atoms with Gasteiger partial charge in [-0.2, -0.15) is 5.10 Å². The molecule has 3 aromatic rings.